The average molecular weight is 459 g/mol. The molecule has 2 aromatic carbocycles. The standard InChI is InChI=1S/C27H34N6O/c1-4-31(5-2)16-19-33-26-22-8-6-7-9-23(22)28-24(25(26)29-27(33)34)20-10-12-21(13-11-20)32-17-14-30(3)15-18-32/h6-13H,4-5,14-19H2,1-3H3,(H,29,34). The number of fused-ring (bicyclic) bond motifs is 3. The molecule has 178 valence electrons. The van der Waals surface area contributed by atoms with Crippen LogP contribution in [0.5, 0.6) is 0 Å². The predicted molar refractivity (Wildman–Crippen MR) is 141 cm³/mol. The molecule has 0 amide bonds. The van der Waals surface area contributed by atoms with Gasteiger partial charge in [0.25, 0.3) is 0 Å². The zero-order chi connectivity index (χ0) is 23.7. The summed E-state index contributed by atoms with van der Waals surface area (Å²) in [6.07, 6.45) is 0. The van der Waals surface area contributed by atoms with Crippen LogP contribution in [0.25, 0.3) is 33.2 Å². The Kier molecular flexibility index (Phi) is 6.39. The number of H-pyrrole nitrogens is 1. The maximum absolute atomic E-state index is 13.1. The molecule has 5 rings (SSSR count). The largest absolute Gasteiger partial charge is 0.369 e. The molecule has 7 heteroatoms. The summed E-state index contributed by atoms with van der Waals surface area (Å²) in [5.41, 5.74) is 5.68. The summed E-state index contributed by atoms with van der Waals surface area (Å²) in [5, 5.41) is 1.01. The van der Waals surface area contributed by atoms with E-state index in [-0.39, 0.29) is 5.69 Å². The normalized spacial score (nSPS) is 15.1. The lowest BCUT2D eigenvalue weighted by Crippen LogP contribution is -2.44. The van der Waals surface area contributed by atoms with Crippen LogP contribution in [0.4, 0.5) is 5.69 Å². The zero-order valence-electron chi connectivity index (χ0n) is 20.4. The van der Waals surface area contributed by atoms with Gasteiger partial charge in [0.15, 0.2) is 0 Å². The highest BCUT2D eigenvalue weighted by Gasteiger charge is 2.19. The third-order valence-corrected chi connectivity index (χ3v) is 7.16. The van der Waals surface area contributed by atoms with E-state index in [1.165, 1.54) is 5.69 Å². The second-order valence-electron chi connectivity index (χ2n) is 9.15. The fraction of sp³-hybridized carbons (Fsp3) is 0.407. The molecule has 0 atom stereocenters. The summed E-state index contributed by atoms with van der Waals surface area (Å²) >= 11 is 0. The SMILES string of the molecule is CCN(CC)CCn1c(=O)[nH]c2c(-c3ccc(N4CCN(C)CC4)cc3)nc3ccccc3c21. The Hall–Kier alpha value is -3.16. The second kappa shape index (κ2) is 9.60. The summed E-state index contributed by atoms with van der Waals surface area (Å²) in [6.45, 7) is 12.0. The molecule has 0 aliphatic carbocycles. The van der Waals surface area contributed by atoms with Gasteiger partial charge < -0.3 is 19.7 Å². The van der Waals surface area contributed by atoms with E-state index in [4.69, 9.17) is 4.98 Å². The van der Waals surface area contributed by atoms with Crippen LogP contribution in [0, 0.1) is 0 Å². The highest BCUT2D eigenvalue weighted by Crippen LogP contribution is 2.32. The Balaban J connectivity index is 1.57. The van der Waals surface area contributed by atoms with Gasteiger partial charge in [0.1, 0.15) is 0 Å². The second-order valence-corrected chi connectivity index (χ2v) is 9.15. The summed E-state index contributed by atoms with van der Waals surface area (Å²) in [5.74, 6) is 0. The Labute approximate surface area is 200 Å². The number of pyridine rings is 1. The van der Waals surface area contributed by atoms with Crippen LogP contribution in [0.3, 0.4) is 0 Å². The molecule has 0 bridgehead atoms. The molecule has 0 radical (unpaired) electrons. The lowest BCUT2D eigenvalue weighted by molar-refractivity contribution is 0.291. The first-order chi connectivity index (χ1) is 16.6. The fourth-order valence-electron chi connectivity index (χ4n) is 4.97. The van der Waals surface area contributed by atoms with Crippen molar-refractivity contribution in [1.82, 2.24) is 24.3 Å². The minimum atomic E-state index is -0.0735. The lowest BCUT2D eigenvalue weighted by Gasteiger charge is -2.34. The number of anilines is 1. The summed E-state index contributed by atoms with van der Waals surface area (Å²) in [4.78, 5) is 28.4. The Morgan fingerprint density at radius 1 is 0.971 bits per heavy atom. The first kappa shape index (κ1) is 22.6. The van der Waals surface area contributed by atoms with Crippen LogP contribution in [0.1, 0.15) is 13.8 Å². The van der Waals surface area contributed by atoms with E-state index in [9.17, 15) is 4.79 Å². The van der Waals surface area contributed by atoms with Gasteiger partial charge in [-0.15, -0.1) is 0 Å². The summed E-state index contributed by atoms with van der Waals surface area (Å²) < 4.78 is 1.89. The highest BCUT2D eigenvalue weighted by molar-refractivity contribution is 6.07. The van der Waals surface area contributed by atoms with Crippen LogP contribution >= 0.6 is 0 Å². The number of hydrogen-bond acceptors (Lipinski definition) is 5. The number of aromatic nitrogens is 3. The molecule has 1 aliphatic heterocycles. The van der Waals surface area contributed by atoms with Gasteiger partial charge in [-0.2, -0.15) is 0 Å². The number of rotatable bonds is 7. The Bertz CT molecular complexity index is 1330. The molecule has 0 saturated carbocycles. The van der Waals surface area contributed by atoms with Gasteiger partial charge in [0.2, 0.25) is 0 Å². The van der Waals surface area contributed by atoms with Gasteiger partial charge in [-0.3, -0.25) is 4.57 Å². The molecular formula is C27H34N6O. The maximum atomic E-state index is 13.1. The topological polar surface area (TPSA) is 60.4 Å². The van der Waals surface area contributed by atoms with Crippen molar-refractivity contribution in [1.29, 1.82) is 0 Å². The van der Waals surface area contributed by atoms with Crippen LogP contribution in [-0.2, 0) is 6.54 Å². The van der Waals surface area contributed by atoms with Crippen molar-refractivity contribution in [3.63, 3.8) is 0 Å². The van der Waals surface area contributed by atoms with E-state index in [1.54, 1.807) is 0 Å². The minimum absolute atomic E-state index is 0.0735. The molecule has 3 heterocycles. The van der Waals surface area contributed by atoms with Gasteiger partial charge in [-0.1, -0.05) is 44.2 Å². The zero-order valence-corrected chi connectivity index (χ0v) is 20.4. The smallest absolute Gasteiger partial charge is 0.326 e. The van der Waals surface area contributed by atoms with E-state index in [1.807, 2.05) is 22.8 Å². The lowest BCUT2D eigenvalue weighted by atomic mass is 10.1. The maximum Gasteiger partial charge on any atom is 0.326 e. The molecule has 34 heavy (non-hydrogen) atoms. The number of nitrogens with zero attached hydrogens (tertiary/aromatic N) is 5. The Morgan fingerprint density at radius 3 is 2.38 bits per heavy atom. The van der Waals surface area contributed by atoms with E-state index in [0.717, 1.165) is 79.0 Å². The van der Waals surface area contributed by atoms with Gasteiger partial charge in [-0.05, 0) is 38.3 Å². The van der Waals surface area contributed by atoms with Crippen molar-refractivity contribution in [3.8, 4) is 11.3 Å². The van der Waals surface area contributed by atoms with Crippen molar-refractivity contribution in [2.45, 2.75) is 20.4 Å². The van der Waals surface area contributed by atoms with Crippen molar-refractivity contribution >= 4 is 27.6 Å². The molecular weight excluding hydrogens is 424 g/mol. The minimum Gasteiger partial charge on any atom is -0.369 e. The van der Waals surface area contributed by atoms with Crippen LogP contribution < -0.4 is 10.6 Å². The average Bonchev–Trinajstić information content (AvgIpc) is 3.21. The van der Waals surface area contributed by atoms with E-state index in [2.05, 4.69) is 70.9 Å². The number of hydrogen-bond donors (Lipinski definition) is 1. The number of likely N-dealkylation sites (N-methyl/N-ethyl adjacent to an activating group) is 2. The number of aromatic amines is 1. The third-order valence-electron chi connectivity index (χ3n) is 7.16. The van der Waals surface area contributed by atoms with Crippen LogP contribution in [0.2, 0.25) is 0 Å². The monoisotopic (exact) mass is 458 g/mol. The molecule has 4 aromatic rings. The number of para-hydroxylation sites is 1. The molecule has 0 spiro atoms. The summed E-state index contributed by atoms with van der Waals surface area (Å²) in [7, 11) is 2.17. The Morgan fingerprint density at radius 2 is 1.68 bits per heavy atom. The van der Waals surface area contributed by atoms with E-state index in [0.29, 0.717) is 6.54 Å². The van der Waals surface area contributed by atoms with Gasteiger partial charge >= 0.3 is 5.69 Å². The molecule has 2 aromatic heterocycles. The molecule has 1 N–H and O–H groups in total. The van der Waals surface area contributed by atoms with Crippen LogP contribution in [-0.4, -0.2) is 77.2 Å². The number of piperazine rings is 1. The first-order valence-corrected chi connectivity index (χ1v) is 12.4. The van der Waals surface area contributed by atoms with Crippen molar-refractivity contribution in [3.05, 3.63) is 59.0 Å². The van der Waals surface area contributed by atoms with E-state index >= 15 is 0 Å². The molecule has 1 fully saturated rings. The predicted octanol–water partition coefficient (Wildman–Crippen LogP) is 3.64. The molecule has 1 aliphatic rings. The fourth-order valence-corrected chi connectivity index (χ4v) is 4.97. The van der Waals surface area contributed by atoms with Gasteiger partial charge in [0, 0.05) is 55.9 Å². The van der Waals surface area contributed by atoms with E-state index < -0.39 is 0 Å². The summed E-state index contributed by atoms with van der Waals surface area (Å²) in [6, 6.07) is 16.7. The molecule has 0 unspecified atom stereocenters. The number of nitrogens with one attached hydrogen (secondary N) is 1. The highest BCUT2D eigenvalue weighted by atomic mass is 16.1. The van der Waals surface area contributed by atoms with Gasteiger partial charge in [-0.25, -0.2) is 9.78 Å². The van der Waals surface area contributed by atoms with Crippen LogP contribution in [0.15, 0.2) is 53.3 Å². The van der Waals surface area contributed by atoms with Crippen molar-refractivity contribution in [2.75, 3.05) is 57.8 Å². The van der Waals surface area contributed by atoms with Crippen molar-refractivity contribution in [2.24, 2.45) is 0 Å². The van der Waals surface area contributed by atoms with Gasteiger partial charge in [0.05, 0.1) is 22.2 Å². The molecule has 1 saturated heterocycles. The van der Waals surface area contributed by atoms with Crippen molar-refractivity contribution < 1.29 is 0 Å². The number of imidazole rings is 1. The number of benzene rings is 2. The third kappa shape index (κ3) is 4.21. The quantitative estimate of drug-likeness (QED) is 0.458. The molecule has 7 nitrogen and oxygen atoms in total. The first-order valence-electron chi connectivity index (χ1n) is 12.4.